The van der Waals surface area contributed by atoms with Crippen molar-refractivity contribution in [2.45, 2.75) is 25.8 Å². The van der Waals surface area contributed by atoms with Gasteiger partial charge in [0.15, 0.2) is 0 Å². The molecule has 1 saturated heterocycles. The van der Waals surface area contributed by atoms with Gasteiger partial charge in [0.1, 0.15) is 11.3 Å². The highest BCUT2D eigenvalue weighted by atomic mass is 32.2. The summed E-state index contributed by atoms with van der Waals surface area (Å²) >= 11 is 2.09. The third-order valence-electron chi connectivity index (χ3n) is 3.92. The maximum atomic E-state index is 5.90. The molecule has 1 aromatic heterocycles. The molecule has 1 aliphatic heterocycles. The van der Waals surface area contributed by atoms with E-state index in [0.717, 1.165) is 23.8 Å². The zero-order valence-corrected chi connectivity index (χ0v) is 12.2. The van der Waals surface area contributed by atoms with Crippen molar-refractivity contribution in [1.82, 2.24) is 5.32 Å². The molecule has 1 unspecified atom stereocenters. The fraction of sp³-hybridized carbons (Fsp3) is 0.500. The van der Waals surface area contributed by atoms with E-state index >= 15 is 0 Å². The molecule has 19 heavy (non-hydrogen) atoms. The number of furan rings is 1. The van der Waals surface area contributed by atoms with E-state index in [1.54, 1.807) is 0 Å². The van der Waals surface area contributed by atoms with Crippen LogP contribution >= 0.6 is 11.8 Å². The minimum atomic E-state index is 0.293. The van der Waals surface area contributed by atoms with E-state index in [1.807, 2.05) is 12.1 Å². The predicted octanol–water partition coefficient (Wildman–Crippen LogP) is 4.23. The highest BCUT2D eigenvalue weighted by Gasteiger charge is 2.16. The molecule has 0 aliphatic carbocycles. The monoisotopic (exact) mass is 275 g/mol. The molecule has 0 amide bonds. The summed E-state index contributed by atoms with van der Waals surface area (Å²) in [5.74, 6) is 4.54. The normalized spacial score (nSPS) is 18.8. The van der Waals surface area contributed by atoms with E-state index in [9.17, 15) is 0 Å². The van der Waals surface area contributed by atoms with Crippen molar-refractivity contribution in [3.05, 3.63) is 36.1 Å². The Hall–Kier alpha value is -0.930. The topological polar surface area (TPSA) is 25.2 Å². The van der Waals surface area contributed by atoms with Crippen molar-refractivity contribution < 1.29 is 4.42 Å². The molecular weight excluding hydrogens is 254 g/mol. The lowest BCUT2D eigenvalue weighted by Gasteiger charge is -2.23. The van der Waals surface area contributed by atoms with Gasteiger partial charge in [0.2, 0.25) is 0 Å². The standard InChI is InChI=1S/C16H21NOS/c1-12(17-11-13-6-8-19-9-7-13)16-10-14-4-2-3-5-15(14)18-16/h2-5,10,12-13,17H,6-9,11H2,1H3. The van der Waals surface area contributed by atoms with E-state index in [1.165, 1.54) is 29.7 Å². The Bertz CT molecular complexity index is 497. The minimum absolute atomic E-state index is 0.293. The fourth-order valence-corrected chi connectivity index (χ4v) is 3.81. The van der Waals surface area contributed by atoms with Crippen molar-refractivity contribution in [2.75, 3.05) is 18.1 Å². The van der Waals surface area contributed by atoms with Gasteiger partial charge in [-0.15, -0.1) is 0 Å². The lowest BCUT2D eigenvalue weighted by atomic mass is 10.0. The molecule has 2 aromatic rings. The van der Waals surface area contributed by atoms with Crippen LogP contribution < -0.4 is 5.32 Å². The lowest BCUT2D eigenvalue weighted by Crippen LogP contribution is -2.27. The number of fused-ring (bicyclic) bond motifs is 1. The van der Waals surface area contributed by atoms with Crippen LogP contribution in [0.15, 0.2) is 34.7 Å². The predicted molar refractivity (Wildman–Crippen MR) is 82.7 cm³/mol. The Kier molecular flexibility index (Phi) is 4.14. The number of benzene rings is 1. The molecule has 1 fully saturated rings. The van der Waals surface area contributed by atoms with Crippen molar-refractivity contribution in [1.29, 1.82) is 0 Å². The molecule has 1 N–H and O–H groups in total. The molecule has 0 spiro atoms. The molecule has 3 rings (SSSR count). The Morgan fingerprint density at radius 2 is 2.11 bits per heavy atom. The highest BCUT2D eigenvalue weighted by molar-refractivity contribution is 7.99. The van der Waals surface area contributed by atoms with Crippen molar-refractivity contribution in [3.8, 4) is 0 Å². The quantitative estimate of drug-likeness (QED) is 0.904. The van der Waals surface area contributed by atoms with Gasteiger partial charge in [0.25, 0.3) is 0 Å². The van der Waals surface area contributed by atoms with Crippen molar-refractivity contribution in [3.63, 3.8) is 0 Å². The maximum absolute atomic E-state index is 5.90. The van der Waals surface area contributed by atoms with Gasteiger partial charge >= 0.3 is 0 Å². The molecule has 102 valence electrons. The van der Waals surface area contributed by atoms with Crippen LogP contribution in [0.4, 0.5) is 0 Å². The van der Waals surface area contributed by atoms with Crippen molar-refractivity contribution >= 4 is 22.7 Å². The summed E-state index contributed by atoms with van der Waals surface area (Å²) < 4.78 is 5.90. The third kappa shape index (κ3) is 3.15. The first-order chi connectivity index (χ1) is 9.33. The summed E-state index contributed by atoms with van der Waals surface area (Å²) in [6, 6.07) is 10.7. The molecule has 2 heterocycles. The Labute approximate surface area is 118 Å². The van der Waals surface area contributed by atoms with Gasteiger partial charge in [0, 0.05) is 5.39 Å². The average molecular weight is 275 g/mol. The highest BCUT2D eigenvalue weighted by Crippen LogP contribution is 2.25. The molecule has 0 radical (unpaired) electrons. The van der Waals surface area contributed by atoms with Crippen LogP contribution in [0.1, 0.15) is 31.6 Å². The minimum Gasteiger partial charge on any atom is -0.459 e. The van der Waals surface area contributed by atoms with Crippen LogP contribution in [0.5, 0.6) is 0 Å². The first-order valence-electron chi connectivity index (χ1n) is 7.12. The molecule has 0 saturated carbocycles. The van der Waals surface area contributed by atoms with Gasteiger partial charge in [-0.3, -0.25) is 0 Å². The van der Waals surface area contributed by atoms with Gasteiger partial charge in [-0.25, -0.2) is 0 Å². The Balaban J connectivity index is 1.61. The van der Waals surface area contributed by atoms with Crippen molar-refractivity contribution in [2.24, 2.45) is 5.92 Å². The van der Waals surface area contributed by atoms with Gasteiger partial charge in [-0.2, -0.15) is 11.8 Å². The molecular formula is C16H21NOS. The number of hydrogen-bond acceptors (Lipinski definition) is 3. The molecule has 1 aliphatic rings. The summed E-state index contributed by atoms with van der Waals surface area (Å²) in [5, 5.41) is 4.82. The van der Waals surface area contributed by atoms with Crippen LogP contribution in [-0.2, 0) is 0 Å². The van der Waals surface area contributed by atoms with E-state index < -0.39 is 0 Å². The SMILES string of the molecule is CC(NCC1CCSCC1)c1cc2ccccc2o1. The second-order valence-electron chi connectivity index (χ2n) is 5.37. The molecule has 1 atom stereocenters. The second kappa shape index (κ2) is 6.02. The molecule has 2 nitrogen and oxygen atoms in total. The average Bonchev–Trinajstić information content (AvgIpc) is 2.90. The Morgan fingerprint density at radius 1 is 1.32 bits per heavy atom. The van der Waals surface area contributed by atoms with E-state index in [0.29, 0.717) is 6.04 Å². The van der Waals surface area contributed by atoms with Crippen LogP contribution in [-0.4, -0.2) is 18.1 Å². The molecule has 1 aromatic carbocycles. The molecule has 0 bridgehead atoms. The van der Waals surface area contributed by atoms with Crippen LogP contribution in [0.2, 0.25) is 0 Å². The first-order valence-corrected chi connectivity index (χ1v) is 8.28. The zero-order chi connectivity index (χ0) is 13.1. The number of thioether (sulfide) groups is 1. The number of rotatable bonds is 4. The summed E-state index contributed by atoms with van der Waals surface area (Å²) in [6.45, 7) is 3.30. The van der Waals surface area contributed by atoms with E-state index in [-0.39, 0.29) is 0 Å². The van der Waals surface area contributed by atoms with E-state index in [2.05, 4.69) is 42.2 Å². The van der Waals surface area contributed by atoms with Gasteiger partial charge in [-0.05, 0) is 55.9 Å². The number of nitrogens with one attached hydrogen (secondary N) is 1. The van der Waals surface area contributed by atoms with Crippen LogP contribution in [0.3, 0.4) is 0 Å². The van der Waals surface area contributed by atoms with Gasteiger partial charge in [0.05, 0.1) is 6.04 Å². The fourth-order valence-electron chi connectivity index (χ4n) is 2.61. The van der Waals surface area contributed by atoms with Crippen LogP contribution in [0, 0.1) is 5.92 Å². The number of hydrogen-bond donors (Lipinski definition) is 1. The molecule has 3 heteroatoms. The second-order valence-corrected chi connectivity index (χ2v) is 6.60. The summed E-state index contributed by atoms with van der Waals surface area (Å²) in [6.07, 6.45) is 2.70. The Morgan fingerprint density at radius 3 is 2.89 bits per heavy atom. The smallest absolute Gasteiger partial charge is 0.134 e. The van der Waals surface area contributed by atoms with Crippen LogP contribution in [0.25, 0.3) is 11.0 Å². The zero-order valence-electron chi connectivity index (χ0n) is 11.4. The van der Waals surface area contributed by atoms with E-state index in [4.69, 9.17) is 4.42 Å². The van der Waals surface area contributed by atoms with Gasteiger partial charge < -0.3 is 9.73 Å². The third-order valence-corrected chi connectivity index (χ3v) is 4.97. The summed E-state index contributed by atoms with van der Waals surface area (Å²) in [5.41, 5.74) is 0.986. The summed E-state index contributed by atoms with van der Waals surface area (Å²) in [7, 11) is 0. The first kappa shape index (κ1) is 13.1. The lowest BCUT2D eigenvalue weighted by molar-refractivity contribution is 0.389. The largest absolute Gasteiger partial charge is 0.459 e. The van der Waals surface area contributed by atoms with Gasteiger partial charge in [-0.1, -0.05) is 18.2 Å². The maximum Gasteiger partial charge on any atom is 0.134 e. The summed E-state index contributed by atoms with van der Waals surface area (Å²) in [4.78, 5) is 0. The number of para-hydroxylation sites is 1.